The van der Waals surface area contributed by atoms with Gasteiger partial charge < -0.3 is 9.88 Å². The highest BCUT2D eigenvalue weighted by Crippen LogP contribution is 2.36. The van der Waals surface area contributed by atoms with Crippen molar-refractivity contribution in [3.63, 3.8) is 0 Å². The number of hydrogen-bond donors (Lipinski definition) is 1. The quantitative estimate of drug-likeness (QED) is 0.448. The van der Waals surface area contributed by atoms with E-state index in [2.05, 4.69) is 39.1 Å². The fourth-order valence-electron chi connectivity index (χ4n) is 3.70. The van der Waals surface area contributed by atoms with Crippen molar-refractivity contribution < 1.29 is 4.79 Å². The maximum atomic E-state index is 13.0. The molecule has 1 fully saturated rings. The minimum Gasteiger partial charge on any atom is -0.352 e. The van der Waals surface area contributed by atoms with Crippen molar-refractivity contribution in [1.82, 2.24) is 25.1 Å². The van der Waals surface area contributed by atoms with Crippen LogP contribution in [0.25, 0.3) is 22.1 Å². The second kappa shape index (κ2) is 8.07. The third-order valence-corrected chi connectivity index (χ3v) is 6.39. The molecule has 2 aromatic carbocycles. The van der Waals surface area contributed by atoms with Crippen molar-refractivity contribution in [1.29, 1.82) is 0 Å². The van der Waals surface area contributed by atoms with E-state index in [1.54, 1.807) is 0 Å². The molecule has 1 atom stereocenters. The number of para-hydroxylation sites is 1. The Morgan fingerprint density at radius 3 is 2.67 bits per heavy atom. The number of benzene rings is 2. The molecule has 4 aromatic rings. The Kier molecular flexibility index (Phi) is 5.12. The van der Waals surface area contributed by atoms with Crippen LogP contribution in [-0.4, -0.2) is 31.7 Å². The Balaban J connectivity index is 1.54. The fraction of sp³-hybridized carbons (Fsp3) is 0.304. The van der Waals surface area contributed by atoms with Crippen LogP contribution in [0.2, 0.25) is 0 Å². The van der Waals surface area contributed by atoms with Gasteiger partial charge in [0.15, 0.2) is 5.65 Å². The molecule has 1 saturated carbocycles. The molecular weight excluding hydrogens is 394 g/mol. The summed E-state index contributed by atoms with van der Waals surface area (Å²) in [6.07, 6.45) is 3.11. The van der Waals surface area contributed by atoms with Gasteiger partial charge >= 0.3 is 0 Å². The summed E-state index contributed by atoms with van der Waals surface area (Å²) >= 11 is 1.36. The minimum absolute atomic E-state index is 0.00602. The number of amides is 1. The van der Waals surface area contributed by atoms with Gasteiger partial charge in [0.05, 0.1) is 5.52 Å². The molecule has 7 heteroatoms. The Morgan fingerprint density at radius 1 is 1.13 bits per heavy atom. The Labute approximate surface area is 179 Å². The third-order valence-electron chi connectivity index (χ3n) is 5.29. The van der Waals surface area contributed by atoms with Gasteiger partial charge in [0.2, 0.25) is 11.1 Å². The molecule has 30 heavy (non-hydrogen) atoms. The van der Waals surface area contributed by atoms with Crippen molar-refractivity contribution in [2.75, 3.05) is 0 Å². The van der Waals surface area contributed by atoms with Crippen LogP contribution < -0.4 is 5.32 Å². The topological polar surface area (TPSA) is 72.7 Å². The molecule has 0 radical (unpaired) electrons. The van der Waals surface area contributed by atoms with Gasteiger partial charge in [-0.1, -0.05) is 67.2 Å². The van der Waals surface area contributed by atoms with Gasteiger partial charge in [-0.25, -0.2) is 4.98 Å². The predicted octanol–water partition coefficient (Wildman–Crippen LogP) is 4.50. The van der Waals surface area contributed by atoms with Crippen LogP contribution in [0.15, 0.2) is 59.8 Å². The standard InChI is InChI=1S/C23H23N5OS/c1-2-14-28-18-11-7-6-10-17(18)19-21(28)25-23(27-26-19)30-20(15-8-4-3-5-9-15)22(29)24-16-12-13-16/h3-11,16,20H,2,12-14H2,1H3,(H,24,29). The monoisotopic (exact) mass is 417 g/mol. The maximum absolute atomic E-state index is 13.0. The molecule has 0 spiro atoms. The predicted molar refractivity (Wildman–Crippen MR) is 119 cm³/mol. The van der Waals surface area contributed by atoms with E-state index in [4.69, 9.17) is 4.98 Å². The molecule has 1 aliphatic carbocycles. The molecule has 6 nitrogen and oxygen atoms in total. The molecule has 0 bridgehead atoms. The van der Waals surface area contributed by atoms with E-state index in [0.717, 1.165) is 53.4 Å². The first-order valence-corrected chi connectivity index (χ1v) is 11.3. The molecule has 1 N–H and O–H groups in total. The summed E-state index contributed by atoms with van der Waals surface area (Å²) in [6.45, 7) is 3.01. The molecule has 2 aromatic heterocycles. The summed E-state index contributed by atoms with van der Waals surface area (Å²) in [6, 6.07) is 18.3. The molecule has 1 aliphatic rings. The number of carbonyl (C=O) groups is 1. The normalized spacial score (nSPS) is 14.8. The van der Waals surface area contributed by atoms with Crippen LogP contribution in [-0.2, 0) is 11.3 Å². The lowest BCUT2D eigenvalue weighted by Gasteiger charge is -2.15. The average molecular weight is 418 g/mol. The zero-order chi connectivity index (χ0) is 20.5. The highest BCUT2D eigenvalue weighted by molar-refractivity contribution is 8.00. The van der Waals surface area contributed by atoms with E-state index in [9.17, 15) is 4.79 Å². The number of thioether (sulfide) groups is 1. The first kappa shape index (κ1) is 19.1. The number of aryl methyl sites for hydroxylation is 1. The molecule has 2 heterocycles. The van der Waals surface area contributed by atoms with E-state index >= 15 is 0 Å². The van der Waals surface area contributed by atoms with Gasteiger partial charge in [-0.15, -0.1) is 10.2 Å². The molecule has 152 valence electrons. The second-order valence-corrected chi connectivity index (χ2v) is 8.70. The minimum atomic E-state index is -0.407. The summed E-state index contributed by atoms with van der Waals surface area (Å²) in [7, 11) is 0. The third kappa shape index (κ3) is 3.65. The number of nitrogens with one attached hydrogen (secondary N) is 1. The van der Waals surface area contributed by atoms with Crippen molar-refractivity contribution in [2.24, 2.45) is 0 Å². The summed E-state index contributed by atoms with van der Waals surface area (Å²) in [5.41, 5.74) is 3.69. The Hall–Kier alpha value is -2.93. The summed E-state index contributed by atoms with van der Waals surface area (Å²) in [5.74, 6) is 0.00602. The maximum Gasteiger partial charge on any atom is 0.238 e. The first-order valence-electron chi connectivity index (χ1n) is 10.4. The smallest absolute Gasteiger partial charge is 0.238 e. The molecule has 0 aliphatic heterocycles. The van der Waals surface area contributed by atoms with E-state index in [1.165, 1.54) is 11.8 Å². The molecule has 0 saturated heterocycles. The largest absolute Gasteiger partial charge is 0.352 e. The van der Waals surface area contributed by atoms with E-state index < -0.39 is 5.25 Å². The van der Waals surface area contributed by atoms with Crippen molar-refractivity contribution in [3.05, 3.63) is 60.2 Å². The second-order valence-electron chi connectivity index (χ2n) is 7.63. The van der Waals surface area contributed by atoms with Gasteiger partial charge in [0.25, 0.3) is 0 Å². The summed E-state index contributed by atoms with van der Waals surface area (Å²) in [5, 5.41) is 13.2. The van der Waals surface area contributed by atoms with Crippen LogP contribution in [0.4, 0.5) is 0 Å². The molecule has 5 rings (SSSR count). The van der Waals surface area contributed by atoms with Crippen LogP contribution in [0, 0.1) is 0 Å². The zero-order valence-electron chi connectivity index (χ0n) is 16.8. The van der Waals surface area contributed by atoms with E-state index in [1.807, 2.05) is 42.5 Å². The highest BCUT2D eigenvalue weighted by Gasteiger charge is 2.30. The number of carbonyl (C=O) groups excluding carboxylic acids is 1. The Morgan fingerprint density at radius 2 is 1.90 bits per heavy atom. The SMILES string of the molecule is CCCn1c2ccccc2c2nnc(SC(C(=O)NC3CC3)c3ccccc3)nc21. The van der Waals surface area contributed by atoms with Crippen LogP contribution in [0.3, 0.4) is 0 Å². The van der Waals surface area contributed by atoms with Crippen LogP contribution >= 0.6 is 11.8 Å². The number of aromatic nitrogens is 4. The number of nitrogens with zero attached hydrogens (tertiary/aromatic N) is 4. The van der Waals surface area contributed by atoms with Gasteiger partial charge in [-0.05, 0) is 30.9 Å². The lowest BCUT2D eigenvalue weighted by Crippen LogP contribution is -2.29. The number of hydrogen-bond acceptors (Lipinski definition) is 5. The number of rotatable bonds is 7. The molecule has 1 unspecified atom stereocenters. The average Bonchev–Trinajstić information content (AvgIpc) is 3.55. The van der Waals surface area contributed by atoms with E-state index in [0.29, 0.717) is 11.2 Å². The lowest BCUT2D eigenvalue weighted by atomic mass is 10.1. The van der Waals surface area contributed by atoms with Gasteiger partial charge in [0, 0.05) is 18.0 Å². The van der Waals surface area contributed by atoms with Gasteiger partial charge in [-0.2, -0.15) is 0 Å². The highest BCUT2D eigenvalue weighted by atomic mass is 32.2. The summed E-state index contributed by atoms with van der Waals surface area (Å²) < 4.78 is 2.20. The zero-order valence-corrected chi connectivity index (χ0v) is 17.6. The van der Waals surface area contributed by atoms with E-state index in [-0.39, 0.29) is 5.91 Å². The van der Waals surface area contributed by atoms with Gasteiger partial charge in [0.1, 0.15) is 10.8 Å². The van der Waals surface area contributed by atoms with Crippen molar-refractivity contribution in [2.45, 2.75) is 49.2 Å². The molecule has 1 amide bonds. The van der Waals surface area contributed by atoms with Crippen molar-refractivity contribution >= 4 is 39.7 Å². The fourth-order valence-corrected chi connectivity index (χ4v) is 4.61. The van der Waals surface area contributed by atoms with Gasteiger partial charge in [-0.3, -0.25) is 4.79 Å². The summed E-state index contributed by atoms with van der Waals surface area (Å²) in [4.78, 5) is 17.8. The first-order chi connectivity index (χ1) is 14.7. The van der Waals surface area contributed by atoms with Crippen LogP contribution in [0.1, 0.15) is 37.0 Å². The Bertz CT molecular complexity index is 1200. The lowest BCUT2D eigenvalue weighted by molar-refractivity contribution is -0.120. The molecular formula is C23H23N5OS. The van der Waals surface area contributed by atoms with Crippen molar-refractivity contribution in [3.8, 4) is 0 Å². The number of fused-ring (bicyclic) bond motifs is 3. The van der Waals surface area contributed by atoms with Crippen LogP contribution in [0.5, 0.6) is 0 Å².